The second-order valence-electron chi connectivity index (χ2n) is 6.26. The molecule has 3 amide bonds. The number of benzene rings is 2. The van der Waals surface area contributed by atoms with E-state index < -0.39 is 5.25 Å². The SMILES string of the molecule is CCNC(=O)COc1cccc(NC(=O)CC2Sc3ccc(Cl)cc3NC2=O)c1. The number of likely N-dealkylation sites (N-methyl/N-ethyl adjacent to an activating group) is 1. The van der Waals surface area contributed by atoms with E-state index in [1.165, 1.54) is 11.8 Å². The normalized spacial score (nSPS) is 15.1. The van der Waals surface area contributed by atoms with Crippen LogP contribution < -0.4 is 20.7 Å². The van der Waals surface area contributed by atoms with Gasteiger partial charge in [-0.15, -0.1) is 11.8 Å². The summed E-state index contributed by atoms with van der Waals surface area (Å²) in [5.41, 5.74) is 1.18. The van der Waals surface area contributed by atoms with E-state index in [2.05, 4.69) is 16.0 Å². The average molecular weight is 434 g/mol. The maximum absolute atomic E-state index is 12.4. The van der Waals surface area contributed by atoms with Crippen molar-refractivity contribution in [3.8, 4) is 5.75 Å². The molecule has 0 spiro atoms. The first kappa shape index (κ1) is 21.0. The molecule has 1 heterocycles. The van der Waals surface area contributed by atoms with Crippen molar-refractivity contribution in [2.45, 2.75) is 23.5 Å². The quantitative estimate of drug-likeness (QED) is 0.622. The Bertz CT molecular complexity index is 938. The van der Waals surface area contributed by atoms with Crippen LogP contribution in [-0.2, 0) is 14.4 Å². The highest BCUT2D eigenvalue weighted by Gasteiger charge is 2.29. The van der Waals surface area contributed by atoms with Crippen molar-refractivity contribution < 1.29 is 19.1 Å². The predicted molar refractivity (Wildman–Crippen MR) is 114 cm³/mol. The number of hydrogen-bond acceptors (Lipinski definition) is 5. The van der Waals surface area contributed by atoms with Crippen molar-refractivity contribution in [1.29, 1.82) is 0 Å². The summed E-state index contributed by atoms with van der Waals surface area (Å²) >= 11 is 7.28. The summed E-state index contributed by atoms with van der Waals surface area (Å²) in [4.78, 5) is 37.1. The van der Waals surface area contributed by atoms with E-state index in [0.717, 1.165) is 4.90 Å². The molecule has 0 bridgehead atoms. The van der Waals surface area contributed by atoms with Crippen LogP contribution >= 0.6 is 23.4 Å². The molecule has 0 saturated heterocycles. The summed E-state index contributed by atoms with van der Waals surface area (Å²) in [6.45, 7) is 2.25. The molecule has 3 N–H and O–H groups in total. The third-order valence-corrected chi connectivity index (χ3v) is 5.50. The van der Waals surface area contributed by atoms with Gasteiger partial charge in [-0.2, -0.15) is 0 Å². The molecule has 0 radical (unpaired) electrons. The molecular formula is C20H20ClN3O4S. The van der Waals surface area contributed by atoms with Gasteiger partial charge in [0.25, 0.3) is 5.91 Å². The molecule has 1 aliphatic heterocycles. The zero-order valence-electron chi connectivity index (χ0n) is 15.7. The Balaban J connectivity index is 1.57. The minimum absolute atomic E-state index is 0.0164. The minimum Gasteiger partial charge on any atom is -0.484 e. The van der Waals surface area contributed by atoms with Gasteiger partial charge < -0.3 is 20.7 Å². The van der Waals surface area contributed by atoms with Gasteiger partial charge >= 0.3 is 0 Å². The van der Waals surface area contributed by atoms with Crippen molar-refractivity contribution in [3.63, 3.8) is 0 Å². The monoisotopic (exact) mass is 433 g/mol. The van der Waals surface area contributed by atoms with E-state index >= 15 is 0 Å². The number of ether oxygens (including phenoxy) is 1. The fraction of sp³-hybridized carbons (Fsp3) is 0.250. The van der Waals surface area contributed by atoms with Crippen LogP contribution in [0.3, 0.4) is 0 Å². The second kappa shape index (κ2) is 9.67. The molecule has 0 fully saturated rings. The van der Waals surface area contributed by atoms with Crippen LogP contribution in [0, 0.1) is 0 Å². The number of rotatable bonds is 7. The third-order valence-electron chi connectivity index (χ3n) is 3.99. The van der Waals surface area contributed by atoms with Crippen LogP contribution in [0.4, 0.5) is 11.4 Å². The van der Waals surface area contributed by atoms with E-state index in [0.29, 0.717) is 28.7 Å². The molecule has 29 heavy (non-hydrogen) atoms. The lowest BCUT2D eigenvalue weighted by atomic mass is 10.2. The van der Waals surface area contributed by atoms with Gasteiger partial charge in [0.05, 0.1) is 10.9 Å². The van der Waals surface area contributed by atoms with Crippen LogP contribution in [-0.4, -0.2) is 36.1 Å². The molecule has 2 aromatic carbocycles. The standard InChI is InChI=1S/C20H20ClN3O4S/c1-2-22-19(26)11-28-14-5-3-4-13(9-14)23-18(25)10-17-20(27)24-15-8-12(21)6-7-16(15)29-17/h3-9,17H,2,10-11H2,1H3,(H,22,26)(H,23,25)(H,24,27). The molecule has 7 nitrogen and oxygen atoms in total. The van der Waals surface area contributed by atoms with E-state index in [9.17, 15) is 14.4 Å². The number of fused-ring (bicyclic) bond motifs is 1. The Hall–Kier alpha value is -2.71. The summed E-state index contributed by atoms with van der Waals surface area (Å²) < 4.78 is 5.42. The molecular weight excluding hydrogens is 414 g/mol. The van der Waals surface area contributed by atoms with Gasteiger partial charge in [-0.25, -0.2) is 0 Å². The molecule has 9 heteroatoms. The minimum atomic E-state index is -0.541. The third kappa shape index (κ3) is 5.88. The van der Waals surface area contributed by atoms with Crippen molar-refractivity contribution in [3.05, 3.63) is 47.5 Å². The lowest BCUT2D eigenvalue weighted by Gasteiger charge is -2.23. The van der Waals surface area contributed by atoms with Crippen LogP contribution in [0.2, 0.25) is 5.02 Å². The fourth-order valence-corrected chi connectivity index (χ4v) is 3.96. The van der Waals surface area contributed by atoms with E-state index in [4.69, 9.17) is 16.3 Å². The Morgan fingerprint density at radius 2 is 2.03 bits per heavy atom. The molecule has 1 atom stereocenters. The highest BCUT2D eigenvalue weighted by molar-refractivity contribution is 8.01. The second-order valence-corrected chi connectivity index (χ2v) is 7.94. The van der Waals surface area contributed by atoms with Crippen molar-refractivity contribution in [2.75, 3.05) is 23.8 Å². The zero-order chi connectivity index (χ0) is 20.8. The zero-order valence-corrected chi connectivity index (χ0v) is 17.2. The predicted octanol–water partition coefficient (Wildman–Crippen LogP) is 3.30. The molecule has 152 valence electrons. The smallest absolute Gasteiger partial charge is 0.257 e. The van der Waals surface area contributed by atoms with Gasteiger partial charge in [-0.05, 0) is 37.3 Å². The average Bonchev–Trinajstić information content (AvgIpc) is 2.68. The fourth-order valence-electron chi connectivity index (χ4n) is 2.70. The Kier molecular flexibility index (Phi) is 7.00. The Morgan fingerprint density at radius 1 is 1.21 bits per heavy atom. The number of hydrogen-bond donors (Lipinski definition) is 3. The van der Waals surface area contributed by atoms with E-state index in [1.54, 1.807) is 36.4 Å². The van der Waals surface area contributed by atoms with Gasteiger partial charge in [0.1, 0.15) is 5.75 Å². The van der Waals surface area contributed by atoms with Gasteiger partial charge in [0.2, 0.25) is 11.8 Å². The summed E-state index contributed by atoms with van der Waals surface area (Å²) in [6, 6.07) is 12.0. The summed E-state index contributed by atoms with van der Waals surface area (Å²) in [5, 5.41) is 8.18. The first-order chi connectivity index (χ1) is 13.9. The van der Waals surface area contributed by atoms with Gasteiger partial charge in [-0.1, -0.05) is 17.7 Å². The van der Waals surface area contributed by atoms with Crippen LogP contribution in [0.1, 0.15) is 13.3 Å². The van der Waals surface area contributed by atoms with Crippen LogP contribution in [0.5, 0.6) is 5.75 Å². The summed E-state index contributed by atoms with van der Waals surface area (Å²) in [7, 11) is 0. The lowest BCUT2D eigenvalue weighted by molar-refractivity contribution is -0.123. The first-order valence-electron chi connectivity index (χ1n) is 9.01. The first-order valence-corrected chi connectivity index (χ1v) is 10.3. The highest BCUT2D eigenvalue weighted by atomic mass is 35.5. The van der Waals surface area contributed by atoms with E-state index in [1.807, 2.05) is 13.0 Å². The number of halogens is 1. The maximum Gasteiger partial charge on any atom is 0.257 e. The van der Waals surface area contributed by atoms with Crippen molar-refractivity contribution in [2.24, 2.45) is 0 Å². The number of carbonyl (C=O) groups excluding carboxylic acids is 3. The van der Waals surface area contributed by atoms with Crippen LogP contribution in [0.25, 0.3) is 0 Å². The molecule has 1 aliphatic rings. The number of carbonyl (C=O) groups is 3. The summed E-state index contributed by atoms with van der Waals surface area (Å²) in [5.74, 6) is -0.289. The maximum atomic E-state index is 12.4. The molecule has 3 rings (SSSR count). The molecule has 0 aromatic heterocycles. The van der Waals surface area contributed by atoms with Crippen molar-refractivity contribution >= 4 is 52.5 Å². The topological polar surface area (TPSA) is 96.5 Å². The lowest BCUT2D eigenvalue weighted by Crippen LogP contribution is -2.32. The molecule has 0 saturated carbocycles. The number of anilines is 2. The summed E-state index contributed by atoms with van der Waals surface area (Å²) in [6.07, 6.45) is 0.0164. The highest BCUT2D eigenvalue weighted by Crippen LogP contribution is 2.38. The van der Waals surface area contributed by atoms with Crippen LogP contribution in [0.15, 0.2) is 47.4 Å². The van der Waals surface area contributed by atoms with Gasteiger partial charge in [0, 0.05) is 34.6 Å². The molecule has 2 aromatic rings. The van der Waals surface area contributed by atoms with E-state index in [-0.39, 0.29) is 30.7 Å². The molecule has 1 unspecified atom stereocenters. The van der Waals surface area contributed by atoms with Crippen molar-refractivity contribution in [1.82, 2.24) is 5.32 Å². The van der Waals surface area contributed by atoms with Gasteiger partial charge in [0.15, 0.2) is 6.61 Å². The molecule has 0 aliphatic carbocycles. The number of amides is 3. The van der Waals surface area contributed by atoms with Gasteiger partial charge in [-0.3, -0.25) is 14.4 Å². The Morgan fingerprint density at radius 3 is 2.83 bits per heavy atom. The number of thioether (sulfide) groups is 1. The number of nitrogens with one attached hydrogen (secondary N) is 3. The Labute approximate surface area is 177 Å². The largest absolute Gasteiger partial charge is 0.484 e.